The van der Waals surface area contributed by atoms with Crippen LogP contribution < -0.4 is 0 Å². The number of nitrogens with one attached hydrogen (secondary N) is 1. The Balaban J connectivity index is 2.11. The van der Waals surface area contributed by atoms with Crippen LogP contribution in [0.1, 0.15) is 34.2 Å². The summed E-state index contributed by atoms with van der Waals surface area (Å²) in [5.41, 5.74) is 0.776. The van der Waals surface area contributed by atoms with Gasteiger partial charge in [-0.2, -0.15) is 18.3 Å². The number of alkyl halides is 3. The number of H-pyrrole nitrogens is 1. The average Bonchev–Trinajstić information content (AvgIpc) is 2.94. The van der Waals surface area contributed by atoms with E-state index in [4.69, 9.17) is 0 Å². The number of benzene rings is 1. The number of carbonyl (C=O) groups is 1. The van der Waals surface area contributed by atoms with Gasteiger partial charge in [-0.05, 0) is 30.2 Å². The highest BCUT2D eigenvalue weighted by Crippen LogP contribution is 2.29. The van der Waals surface area contributed by atoms with E-state index in [9.17, 15) is 18.0 Å². The van der Waals surface area contributed by atoms with Crippen LogP contribution in [-0.2, 0) is 19.1 Å². The van der Waals surface area contributed by atoms with Gasteiger partial charge in [0.1, 0.15) is 5.69 Å². The van der Waals surface area contributed by atoms with Gasteiger partial charge in [-0.25, -0.2) is 0 Å². The highest BCUT2D eigenvalue weighted by Gasteiger charge is 2.30. The molecule has 0 unspecified atom stereocenters. The summed E-state index contributed by atoms with van der Waals surface area (Å²) >= 11 is 0. The van der Waals surface area contributed by atoms with E-state index in [0.717, 1.165) is 24.2 Å². The summed E-state index contributed by atoms with van der Waals surface area (Å²) in [4.78, 5) is 13.5. The maximum atomic E-state index is 12.7. The molecule has 7 heteroatoms. The molecule has 0 spiro atoms. The van der Waals surface area contributed by atoms with E-state index >= 15 is 0 Å². The Morgan fingerprint density at radius 1 is 1.32 bits per heavy atom. The SMILES string of the molecule is CCc1cc(C(=O)N(C)Cc2cccc(C(F)(F)F)c2)n[nH]1. The lowest BCUT2D eigenvalue weighted by molar-refractivity contribution is -0.137. The molecule has 0 saturated heterocycles. The minimum Gasteiger partial charge on any atom is -0.336 e. The number of rotatable bonds is 4. The van der Waals surface area contributed by atoms with E-state index in [-0.39, 0.29) is 18.1 Å². The molecule has 0 saturated carbocycles. The van der Waals surface area contributed by atoms with Gasteiger partial charge in [0.05, 0.1) is 5.56 Å². The summed E-state index contributed by atoms with van der Waals surface area (Å²) in [7, 11) is 1.53. The lowest BCUT2D eigenvalue weighted by Crippen LogP contribution is -2.26. The van der Waals surface area contributed by atoms with Crippen molar-refractivity contribution in [3.8, 4) is 0 Å². The highest BCUT2D eigenvalue weighted by molar-refractivity contribution is 5.92. The summed E-state index contributed by atoms with van der Waals surface area (Å²) < 4.78 is 38.0. The topological polar surface area (TPSA) is 49.0 Å². The van der Waals surface area contributed by atoms with E-state index in [0.29, 0.717) is 5.56 Å². The first-order valence-electron chi connectivity index (χ1n) is 6.77. The van der Waals surface area contributed by atoms with Crippen LogP contribution in [0.2, 0.25) is 0 Å². The van der Waals surface area contributed by atoms with Gasteiger partial charge in [0.15, 0.2) is 0 Å². The average molecular weight is 311 g/mol. The van der Waals surface area contributed by atoms with Crippen LogP contribution in [0.4, 0.5) is 13.2 Å². The van der Waals surface area contributed by atoms with E-state index < -0.39 is 11.7 Å². The van der Waals surface area contributed by atoms with Crippen LogP contribution in [0.25, 0.3) is 0 Å². The molecule has 1 heterocycles. The van der Waals surface area contributed by atoms with E-state index in [1.54, 1.807) is 12.1 Å². The molecule has 1 aromatic heterocycles. The molecule has 2 aromatic rings. The zero-order chi connectivity index (χ0) is 16.3. The fraction of sp³-hybridized carbons (Fsp3) is 0.333. The summed E-state index contributed by atoms with van der Waals surface area (Å²) in [6.45, 7) is 2.01. The Kier molecular flexibility index (Phi) is 4.54. The molecule has 0 aliphatic rings. The van der Waals surface area contributed by atoms with E-state index in [1.807, 2.05) is 6.92 Å². The first-order valence-corrected chi connectivity index (χ1v) is 6.77. The number of hydrogen-bond acceptors (Lipinski definition) is 2. The predicted octanol–water partition coefficient (Wildman–Crippen LogP) is 3.26. The monoisotopic (exact) mass is 311 g/mol. The van der Waals surface area contributed by atoms with Gasteiger partial charge in [0.2, 0.25) is 0 Å². The molecule has 1 N–H and O–H groups in total. The van der Waals surface area contributed by atoms with Crippen LogP contribution in [0.15, 0.2) is 30.3 Å². The number of carbonyl (C=O) groups excluding carboxylic acids is 1. The summed E-state index contributed by atoms with van der Waals surface area (Å²) in [6, 6.07) is 6.59. The molecule has 0 bridgehead atoms. The molecule has 0 fully saturated rings. The lowest BCUT2D eigenvalue weighted by Gasteiger charge is -2.17. The highest BCUT2D eigenvalue weighted by atomic mass is 19.4. The number of hydrogen-bond donors (Lipinski definition) is 1. The molecule has 2 rings (SSSR count). The molecular weight excluding hydrogens is 295 g/mol. The van der Waals surface area contributed by atoms with Gasteiger partial charge in [0.25, 0.3) is 5.91 Å². The van der Waals surface area contributed by atoms with E-state index in [1.165, 1.54) is 18.0 Å². The largest absolute Gasteiger partial charge is 0.416 e. The van der Waals surface area contributed by atoms with Crippen molar-refractivity contribution < 1.29 is 18.0 Å². The second-order valence-corrected chi connectivity index (χ2v) is 4.99. The molecule has 118 valence electrons. The van der Waals surface area contributed by atoms with Gasteiger partial charge in [-0.3, -0.25) is 9.89 Å². The molecular formula is C15H16F3N3O. The molecule has 0 aliphatic carbocycles. The molecule has 0 aliphatic heterocycles. The van der Waals surface area contributed by atoms with Crippen LogP contribution in [0, 0.1) is 0 Å². The van der Waals surface area contributed by atoms with Crippen molar-refractivity contribution in [2.24, 2.45) is 0 Å². The second-order valence-electron chi connectivity index (χ2n) is 4.99. The first kappa shape index (κ1) is 16.1. The number of amides is 1. The minimum absolute atomic E-state index is 0.0804. The lowest BCUT2D eigenvalue weighted by atomic mass is 10.1. The van der Waals surface area contributed by atoms with Crippen LogP contribution in [0.3, 0.4) is 0 Å². The molecule has 4 nitrogen and oxygen atoms in total. The van der Waals surface area contributed by atoms with Crippen molar-refractivity contribution in [1.82, 2.24) is 15.1 Å². The van der Waals surface area contributed by atoms with Crippen molar-refractivity contribution in [3.63, 3.8) is 0 Å². The van der Waals surface area contributed by atoms with Crippen molar-refractivity contribution in [1.29, 1.82) is 0 Å². The zero-order valence-corrected chi connectivity index (χ0v) is 12.2. The van der Waals surface area contributed by atoms with Crippen molar-refractivity contribution in [3.05, 3.63) is 52.8 Å². The zero-order valence-electron chi connectivity index (χ0n) is 12.2. The first-order chi connectivity index (χ1) is 10.3. The smallest absolute Gasteiger partial charge is 0.336 e. The Morgan fingerprint density at radius 2 is 2.05 bits per heavy atom. The van der Waals surface area contributed by atoms with Gasteiger partial charge in [0, 0.05) is 19.3 Å². The van der Waals surface area contributed by atoms with Gasteiger partial charge >= 0.3 is 6.18 Å². The second kappa shape index (κ2) is 6.21. The molecule has 22 heavy (non-hydrogen) atoms. The maximum absolute atomic E-state index is 12.7. The Hall–Kier alpha value is -2.31. The molecule has 0 atom stereocenters. The number of aromatic amines is 1. The minimum atomic E-state index is -4.39. The molecule has 1 aromatic carbocycles. The Morgan fingerprint density at radius 3 is 2.64 bits per heavy atom. The van der Waals surface area contributed by atoms with Crippen LogP contribution >= 0.6 is 0 Å². The molecule has 1 amide bonds. The normalized spacial score (nSPS) is 11.5. The fourth-order valence-corrected chi connectivity index (χ4v) is 2.04. The number of aryl methyl sites for hydroxylation is 1. The van der Waals surface area contributed by atoms with Crippen molar-refractivity contribution >= 4 is 5.91 Å². The Labute approximate surface area is 125 Å². The summed E-state index contributed by atoms with van der Waals surface area (Å²) in [5.74, 6) is -0.339. The third kappa shape index (κ3) is 3.66. The fourth-order valence-electron chi connectivity index (χ4n) is 2.04. The Bertz CT molecular complexity index is 664. The van der Waals surface area contributed by atoms with Crippen molar-refractivity contribution in [2.75, 3.05) is 7.05 Å². The van der Waals surface area contributed by atoms with Gasteiger partial charge in [-0.1, -0.05) is 19.1 Å². The summed E-state index contributed by atoms with van der Waals surface area (Å²) in [6.07, 6.45) is -3.67. The third-order valence-corrected chi connectivity index (χ3v) is 3.25. The van der Waals surface area contributed by atoms with Crippen LogP contribution in [0.5, 0.6) is 0 Å². The third-order valence-electron chi connectivity index (χ3n) is 3.25. The molecule has 0 radical (unpaired) electrons. The summed E-state index contributed by atoms with van der Waals surface area (Å²) in [5, 5.41) is 6.65. The standard InChI is InChI=1S/C15H16F3N3O/c1-3-12-8-13(20-19-12)14(22)21(2)9-10-5-4-6-11(7-10)15(16,17)18/h4-8H,3,9H2,1-2H3,(H,19,20). The number of halogens is 3. The van der Waals surface area contributed by atoms with Crippen molar-refractivity contribution in [2.45, 2.75) is 26.1 Å². The quantitative estimate of drug-likeness (QED) is 0.942. The number of nitrogens with zero attached hydrogens (tertiary/aromatic N) is 2. The predicted molar refractivity (Wildman–Crippen MR) is 75.2 cm³/mol. The number of aromatic nitrogens is 2. The van der Waals surface area contributed by atoms with E-state index in [2.05, 4.69) is 10.2 Å². The van der Waals surface area contributed by atoms with Crippen LogP contribution in [-0.4, -0.2) is 28.1 Å². The maximum Gasteiger partial charge on any atom is 0.416 e. The van der Waals surface area contributed by atoms with Gasteiger partial charge < -0.3 is 4.90 Å². The van der Waals surface area contributed by atoms with Gasteiger partial charge in [-0.15, -0.1) is 0 Å².